The van der Waals surface area contributed by atoms with Gasteiger partial charge in [0, 0.05) is 0 Å². The van der Waals surface area contributed by atoms with Crippen LogP contribution in [0.15, 0.2) is 4.99 Å². The molecule has 1 saturated carbocycles. The van der Waals surface area contributed by atoms with E-state index in [1.54, 1.807) is 0 Å². The molecule has 5 heteroatoms. The summed E-state index contributed by atoms with van der Waals surface area (Å²) in [6, 6.07) is 0.165. The van der Waals surface area contributed by atoms with Crippen LogP contribution in [-0.2, 0) is 9.53 Å². The third-order valence-corrected chi connectivity index (χ3v) is 2.77. The van der Waals surface area contributed by atoms with Crippen LogP contribution in [0, 0.1) is 5.92 Å². The molecule has 0 unspecified atom stereocenters. The molecule has 0 amide bonds. The maximum Gasteiger partial charge on any atom is 0.309 e. The fraction of sp³-hybridized carbons (Fsp3) is 0.833. The van der Waals surface area contributed by atoms with Crippen molar-refractivity contribution in [1.29, 1.82) is 0 Å². The molecule has 4 N–H and O–H groups in total. The highest BCUT2D eigenvalue weighted by molar-refractivity contribution is 5.76. The zero-order valence-electron chi connectivity index (χ0n) is 10.9. The van der Waals surface area contributed by atoms with Gasteiger partial charge in [-0.2, -0.15) is 0 Å². The minimum Gasteiger partial charge on any atom is -0.460 e. The Morgan fingerprint density at radius 1 is 1.18 bits per heavy atom. The van der Waals surface area contributed by atoms with E-state index in [4.69, 9.17) is 16.2 Å². The highest BCUT2D eigenvalue weighted by Crippen LogP contribution is 2.28. The normalized spacial score (nSPS) is 25.1. The van der Waals surface area contributed by atoms with E-state index < -0.39 is 5.60 Å². The van der Waals surface area contributed by atoms with Crippen LogP contribution >= 0.6 is 0 Å². The lowest BCUT2D eigenvalue weighted by atomic mass is 9.86. The number of carbonyl (C=O) groups is 1. The zero-order valence-corrected chi connectivity index (χ0v) is 10.9. The van der Waals surface area contributed by atoms with E-state index in [0.717, 1.165) is 25.7 Å². The average molecular weight is 241 g/mol. The van der Waals surface area contributed by atoms with Crippen molar-refractivity contribution < 1.29 is 9.53 Å². The van der Waals surface area contributed by atoms with Gasteiger partial charge in [0.15, 0.2) is 5.96 Å². The highest BCUT2D eigenvalue weighted by atomic mass is 16.6. The van der Waals surface area contributed by atoms with E-state index in [9.17, 15) is 4.79 Å². The molecule has 0 aromatic heterocycles. The van der Waals surface area contributed by atoms with Gasteiger partial charge >= 0.3 is 5.97 Å². The number of ether oxygens (including phenoxy) is 1. The summed E-state index contributed by atoms with van der Waals surface area (Å²) in [5.41, 5.74) is 10.3. The van der Waals surface area contributed by atoms with Gasteiger partial charge in [0.1, 0.15) is 5.60 Å². The maximum absolute atomic E-state index is 11.8. The van der Waals surface area contributed by atoms with Crippen molar-refractivity contribution in [1.82, 2.24) is 0 Å². The average Bonchev–Trinajstić information content (AvgIpc) is 2.15. The van der Waals surface area contributed by atoms with E-state index in [1.165, 1.54) is 0 Å². The Hall–Kier alpha value is -1.26. The van der Waals surface area contributed by atoms with Crippen LogP contribution in [0.25, 0.3) is 0 Å². The van der Waals surface area contributed by atoms with E-state index in [1.807, 2.05) is 20.8 Å². The van der Waals surface area contributed by atoms with Crippen molar-refractivity contribution in [2.75, 3.05) is 0 Å². The summed E-state index contributed by atoms with van der Waals surface area (Å²) in [5.74, 6) is 0.0334. The predicted octanol–water partition coefficient (Wildman–Crippen LogP) is 1.16. The third-order valence-electron chi connectivity index (χ3n) is 2.77. The SMILES string of the molecule is CC(C)(C)OC(=O)C1CCC(N=C(N)N)CC1. The van der Waals surface area contributed by atoms with Gasteiger partial charge in [-0.1, -0.05) is 0 Å². The molecular weight excluding hydrogens is 218 g/mol. The van der Waals surface area contributed by atoms with E-state index in [2.05, 4.69) is 4.99 Å². The maximum atomic E-state index is 11.8. The molecule has 0 aliphatic heterocycles. The number of rotatable bonds is 2. The van der Waals surface area contributed by atoms with Gasteiger partial charge in [0.2, 0.25) is 0 Å². The van der Waals surface area contributed by atoms with Crippen molar-refractivity contribution in [3.05, 3.63) is 0 Å². The van der Waals surface area contributed by atoms with Crippen LogP contribution in [-0.4, -0.2) is 23.6 Å². The molecule has 1 fully saturated rings. The third kappa shape index (κ3) is 5.06. The van der Waals surface area contributed by atoms with Crippen molar-refractivity contribution in [3.8, 4) is 0 Å². The monoisotopic (exact) mass is 241 g/mol. The van der Waals surface area contributed by atoms with Crippen molar-refractivity contribution in [2.24, 2.45) is 22.4 Å². The van der Waals surface area contributed by atoms with Gasteiger partial charge < -0.3 is 16.2 Å². The molecule has 1 aliphatic rings. The van der Waals surface area contributed by atoms with Crippen LogP contribution in [0.2, 0.25) is 0 Å². The number of carbonyl (C=O) groups excluding carboxylic acids is 1. The lowest BCUT2D eigenvalue weighted by Crippen LogP contribution is -2.32. The molecule has 1 aliphatic carbocycles. The van der Waals surface area contributed by atoms with Crippen LogP contribution < -0.4 is 11.5 Å². The Bertz CT molecular complexity index is 295. The summed E-state index contributed by atoms with van der Waals surface area (Å²) in [5, 5.41) is 0. The molecule has 0 saturated heterocycles. The summed E-state index contributed by atoms with van der Waals surface area (Å²) in [4.78, 5) is 16.0. The predicted molar refractivity (Wildman–Crippen MR) is 67.4 cm³/mol. The Morgan fingerprint density at radius 2 is 1.71 bits per heavy atom. The van der Waals surface area contributed by atoms with E-state index in [0.29, 0.717) is 0 Å². The van der Waals surface area contributed by atoms with E-state index >= 15 is 0 Å². The van der Waals surface area contributed by atoms with Crippen LogP contribution in [0.1, 0.15) is 46.5 Å². The zero-order chi connectivity index (χ0) is 13.1. The van der Waals surface area contributed by atoms with Gasteiger partial charge in [-0.15, -0.1) is 0 Å². The number of guanidine groups is 1. The number of hydrogen-bond acceptors (Lipinski definition) is 3. The summed E-state index contributed by atoms with van der Waals surface area (Å²) in [7, 11) is 0. The Balaban J connectivity index is 2.42. The van der Waals surface area contributed by atoms with Crippen LogP contribution in [0.3, 0.4) is 0 Å². The first-order valence-electron chi connectivity index (χ1n) is 6.09. The molecule has 1 rings (SSSR count). The Labute approximate surface area is 103 Å². The van der Waals surface area contributed by atoms with Gasteiger partial charge in [0.25, 0.3) is 0 Å². The second-order valence-electron chi connectivity index (χ2n) is 5.59. The first-order chi connectivity index (χ1) is 7.78. The molecule has 0 aromatic carbocycles. The minimum absolute atomic E-state index is 0.000302. The van der Waals surface area contributed by atoms with Crippen molar-refractivity contribution >= 4 is 11.9 Å². The Morgan fingerprint density at radius 3 is 2.12 bits per heavy atom. The molecule has 17 heavy (non-hydrogen) atoms. The quantitative estimate of drug-likeness (QED) is 0.431. The molecule has 0 heterocycles. The highest BCUT2D eigenvalue weighted by Gasteiger charge is 2.29. The second kappa shape index (κ2) is 5.38. The second-order valence-corrected chi connectivity index (χ2v) is 5.59. The number of aliphatic imine (C=N–C) groups is 1. The summed E-state index contributed by atoms with van der Waals surface area (Å²) >= 11 is 0. The van der Waals surface area contributed by atoms with E-state index in [-0.39, 0.29) is 23.9 Å². The van der Waals surface area contributed by atoms with Gasteiger partial charge in [-0.3, -0.25) is 9.79 Å². The summed E-state index contributed by atoms with van der Waals surface area (Å²) in [6.07, 6.45) is 3.30. The standard InChI is InChI=1S/C12H23N3O2/c1-12(2,3)17-10(16)8-4-6-9(7-5-8)15-11(13)14/h8-9H,4-7H2,1-3H3,(H4,13,14,15). The van der Waals surface area contributed by atoms with Crippen LogP contribution in [0.5, 0.6) is 0 Å². The van der Waals surface area contributed by atoms with Crippen LogP contribution in [0.4, 0.5) is 0 Å². The fourth-order valence-corrected chi connectivity index (χ4v) is 2.04. The molecule has 98 valence electrons. The molecule has 0 bridgehead atoms. The fourth-order valence-electron chi connectivity index (χ4n) is 2.04. The molecule has 0 radical (unpaired) electrons. The lowest BCUT2D eigenvalue weighted by molar-refractivity contribution is -0.161. The molecule has 5 nitrogen and oxygen atoms in total. The number of nitrogens with two attached hydrogens (primary N) is 2. The van der Waals surface area contributed by atoms with Crippen molar-refractivity contribution in [3.63, 3.8) is 0 Å². The number of esters is 1. The van der Waals surface area contributed by atoms with Crippen molar-refractivity contribution in [2.45, 2.75) is 58.1 Å². The molecule has 0 atom stereocenters. The molecule has 0 spiro atoms. The largest absolute Gasteiger partial charge is 0.460 e. The molecule has 0 aromatic rings. The number of nitrogens with zero attached hydrogens (tertiary/aromatic N) is 1. The minimum atomic E-state index is -0.409. The lowest BCUT2D eigenvalue weighted by Gasteiger charge is -2.28. The first kappa shape index (κ1) is 13.8. The van der Waals surface area contributed by atoms with Gasteiger partial charge in [-0.25, -0.2) is 0 Å². The first-order valence-corrected chi connectivity index (χ1v) is 6.09. The van der Waals surface area contributed by atoms with Gasteiger partial charge in [0.05, 0.1) is 12.0 Å². The topological polar surface area (TPSA) is 90.7 Å². The number of hydrogen-bond donors (Lipinski definition) is 2. The van der Waals surface area contributed by atoms with Gasteiger partial charge in [-0.05, 0) is 46.5 Å². The summed E-state index contributed by atoms with van der Waals surface area (Å²) in [6.45, 7) is 5.65. The Kier molecular flexibility index (Phi) is 4.37. The summed E-state index contributed by atoms with van der Waals surface area (Å²) < 4.78 is 5.37. The molecular formula is C12H23N3O2. The smallest absolute Gasteiger partial charge is 0.309 e.